The number of benzene rings is 3. The van der Waals surface area contributed by atoms with Crippen molar-refractivity contribution in [2.24, 2.45) is 0 Å². The van der Waals surface area contributed by atoms with Crippen molar-refractivity contribution in [1.82, 2.24) is 9.97 Å². The van der Waals surface area contributed by atoms with E-state index < -0.39 is 12.6 Å². The maximum atomic E-state index is 10.8. The van der Waals surface area contributed by atoms with Crippen molar-refractivity contribution in [3.05, 3.63) is 89.7 Å². The Balaban J connectivity index is 1.64. The molecule has 0 unspecified atom stereocenters. The molecule has 0 aliphatic heterocycles. The molecule has 5 aromatic rings. The fraction of sp³-hybridized carbons (Fsp3) is 0.0385. The topological polar surface area (TPSA) is 97.5 Å². The molecule has 0 bridgehead atoms. The number of fused-ring (bicyclic) bond motifs is 1. The highest BCUT2D eigenvalue weighted by atomic mass is 79.9. The number of aromatic nitrogens is 2. The maximum absolute atomic E-state index is 10.8. The molecule has 2 heterocycles. The molecule has 7 nitrogen and oxygen atoms in total. The number of furan rings is 1. The molecule has 0 saturated heterocycles. The first kappa shape index (κ1) is 21.7. The first-order valence-corrected chi connectivity index (χ1v) is 11.2. The Morgan fingerprint density at radius 2 is 1.76 bits per heavy atom. The Kier molecular flexibility index (Phi) is 5.97. The summed E-state index contributed by atoms with van der Waals surface area (Å²) in [5.74, 6) is 0.646. The van der Waals surface area contributed by atoms with Crippen LogP contribution < -0.4 is 10.1 Å². The van der Waals surface area contributed by atoms with Crippen LogP contribution in [0.2, 0.25) is 0 Å². The molecule has 0 atom stereocenters. The fourth-order valence-electron chi connectivity index (χ4n) is 3.66. The van der Waals surface area contributed by atoms with E-state index in [1.165, 1.54) is 6.33 Å². The number of carboxylic acids is 1. The number of hydrogen-bond acceptors (Lipinski definition) is 6. The van der Waals surface area contributed by atoms with E-state index in [4.69, 9.17) is 14.3 Å². The van der Waals surface area contributed by atoms with Gasteiger partial charge in [-0.1, -0.05) is 64.5 Å². The van der Waals surface area contributed by atoms with Gasteiger partial charge in [-0.05, 0) is 29.8 Å². The standard InChI is InChI=1S/C26H18BrN3O4/c27-18-11-9-17(10-12-18)24-22(16-5-2-1-3-6-16)23-25(28-15-29-26(23)34-24)30-19-7-4-8-20(13-19)33-14-21(31)32/h1-13,15H,14H2,(H,31,32)(H,28,29,30). The summed E-state index contributed by atoms with van der Waals surface area (Å²) in [5, 5.41) is 12.9. The molecular formula is C26H18BrN3O4. The van der Waals surface area contributed by atoms with Crippen molar-refractivity contribution in [3.63, 3.8) is 0 Å². The molecule has 0 aliphatic carbocycles. The molecule has 0 fully saturated rings. The molecule has 0 aliphatic rings. The van der Waals surface area contributed by atoms with Crippen molar-refractivity contribution in [2.45, 2.75) is 0 Å². The minimum absolute atomic E-state index is 0.419. The summed E-state index contributed by atoms with van der Waals surface area (Å²) in [5.41, 5.74) is 3.89. The van der Waals surface area contributed by atoms with Gasteiger partial charge in [0.2, 0.25) is 5.71 Å². The van der Waals surface area contributed by atoms with Crippen LogP contribution in [0, 0.1) is 0 Å². The van der Waals surface area contributed by atoms with E-state index >= 15 is 0 Å². The lowest BCUT2D eigenvalue weighted by Gasteiger charge is -2.10. The summed E-state index contributed by atoms with van der Waals surface area (Å²) >= 11 is 3.48. The van der Waals surface area contributed by atoms with Crippen LogP contribution >= 0.6 is 15.9 Å². The van der Waals surface area contributed by atoms with E-state index in [1.54, 1.807) is 18.2 Å². The molecule has 0 radical (unpaired) electrons. The van der Waals surface area contributed by atoms with Gasteiger partial charge in [-0.2, -0.15) is 0 Å². The van der Waals surface area contributed by atoms with Crippen molar-refractivity contribution in [2.75, 3.05) is 11.9 Å². The predicted molar refractivity (Wildman–Crippen MR) is 133 cm³/mol. The quantitative estimate of drug-likeness (QED) is 0.254. The second kappa shape index (κ2) is 9.36. The molecule has 0 saturated carbocycles. The molecule has 34 heavy (non-hydrogen) atoms. The van der Waals surface area contributed by atoms with Gasteiger partial charge in [0.05, 0.1) is 5.39 Å². The highest BCUT2D eigenvalue weighted by molar-refractivity contribution is 9.10. The molecule has 2 N–H and O–H groups in total. The minimum Gasteiger partial charge on any atom is -0.482 e. The lowest BCUT2D eigenvalue weighted by molar-refractivity contribution is -0.139. The average molecular weight is 516 g/mol. The maximum Gasteiger partial charge on any atom is 0.341 e. The summed E-state index contributed by atoms with van der Waals surface area (Å²) in [6.07, 6.45) is 1.44. The minimum atomic E-state index is -1.04. The molecule has 2 aromatic heterocycles. The number of hydrogen-bond donors (Lipinski definition) is 2. The summed E-state index contributed by atoms with van der Waals surface area (Å²) in [6, 6.07) is 24.9. The first-order valence-electron chi connectivity index (χ1n) is 10.4. The Morgan fingerprint density at radius 1 is 0.971 bits per heavy atom. The van der Waals surface area contributed by atoms with Gasteiger partial charge in [-0.15, -0.1) is 0 Å². The Labute approximate surface area is 203 Å². The van der Waals surface area contributed by atoms with Crippen molar-refractivity contribution in [1.29, 1.82) is 0 Å². The number of rotatable bonds is 7. The lowest BCUT2D eigenvalue weighted by atomic mass is 9.99. The van der Waals surface area contributed by atoms with Crippen LogP contribution in [0.15, 0.2) is 94.1 Å². The van der Waals surface area contributed by atoms with E-state index in [-0.39, 0.29) is 0 Å². The van der Waals surface area contributed by atoms with Crippen LogP contribution in [0.25, 0.3) is 33.6 Å². The van der Waals surface area contributed by atoms with Gasteiger partial charge >= 0.3 is 5.97 Å². The monoisotopic (exact) mass is 515 g/mol. The van der Waals surface area contributed by atoms with Gasteiger partial charge in [-0.3, -0.25) is 0 Å². The molecular weight excluding hydrogens is 498 g/mol. The van der Waals surface area contributed by atoms with Crippen molar-refractivity contribution in [3.8, 4) is 28.2 Å². The number of aliphatic carboxylic acids is 1. The van der Waals surface area contributed by atoms with Crippen LogP contribution in [-0.2, 0) is 4.79 Å². The third-order valence-corrected chi connectivity index (χ3v) is 5.64. The largest absolute Gasteiger partial charge is 0.482 e. The zero-order valence-electron chi connectivity index (χ0n) is 17.7. The number of carbonyl (C=O) groups is 1. The summed E-state index contributed by atoms with van der Waals surface area (Å²) < 4.78 is 12.5. The second-order valence-corrected chi connectivity index (χ2v) is 8.33. The van der Waals surface area contributed by atoms with Crippen LogP contribution in [0.5, 0.6) is 5.75 Å². The van der Waals surface area contributed by atoms with Crippen LogP contribution in [0.3, 0.4) is 0 Å². The zero-order valence-corrected chi connectivity index (χ0v) is 19.3. The first-order chi connectivity index (χ1) is 16.6. The summed E-state index contributed by atoms with van der Waals surface area (Å²) in [7, 11) is 0. The number of carboxylic acid groups (broad SMARTS) is 1. The summed E-state index contributed by atoms with van der Waals surface area (Å²) in [6.45, 7) is -0.419. The van der Waals surface area contributed by atoms with Crippen LogP contribution in [-0.4, -0.2) is 27.7 Å². The highest BCUT2D eigenvalue weighted by Crippen LogP contribution is 2.43. The second-order valence-electron chi connectivity index (χ2n) is 7.42. The number of nitrogens with zero attached hydrogens (tertiary/aromatic N) is 2. The number of anilines is 2. The lowest BCUT2D eigenvalue weighted by Crippen LogP contribution is -2.09. The van der Waals surface area contributed by atoms with Crippen molar-refractivity contribution < 1.29 is 19.1 Å². The molecule has 3 aromatic carbocycles. The van der Waals surface area contributed by atoms with Gasteiger partial charge in [-0.25, -0.2) is 14.8 Å². The van der Waals surface area contributed by atoms with Gasteiger partial charge in [0, 0.05) is 27.4 Å². The van der Waals surface area contributed by atoms with E-state index in [9.17, 15) is 4.79 Å². The highest BCUT2D eigenvalue weighted by Gasteiger charge is 2.22. The third kappa shape index (κ3) is 4.49. The van der Waals surface area contributed by atoms with Crippen LogP contribution in [0.1, 0.15) is 0 Å². The number of halogens is 1. The predicted octanol–water partition coefficient (Wildman–Crippen LogP) is 6.53. The van der Waals surface area contributed by atoms with Gasteiger partial charge in [0.25, 0.3) is 0 Å². The SMILES string of the molecule is O=C(O)COc1cccc(Nc2ncnc3oc(-c4ccc(Br)cc4)c(-c4ccccc4)c23)c1. The molecule has 0 spiro atoms. The Bertz CT molecular complexity index is 1470. The normalized spacial score (nSPS) is 10.9. The van der Waals surface area contributed by atoms with E-state index in [0.717, 1.165) is 26.5 Å². The van der Waals surface area contributed by atoms with Gasteiger partial charge in [0.1, 0.15) is 23.7 Å². The van der Waals surface area contributed by atoms with Crippen LogP contribution in [0.4, 0.5) is 11.5 Å². The molecule has 168 valence electrons. The van der Waals surface area contributed by atoms with E-state index in [2.05, 4.69) is 31.2 Å². The molecule has 0 amide bonds. The summed E-state index contributed by atoms with van der Waals surface area (Å²) in [4.78, 5) is 19.7. The number of ether oxygens (including phenoxy) is 1. The Morgan fingerprint density at radius 3 is 2.53 bits per heavy atom. The number of nitrogens with one attached hydrogen (secondary N) is 1. The molecule has 8 heteroatoms. The smallest absolute Gasteiger partial charge is 0.341 e. The fourth-order valence-corrected chi connectivity index (χ4v) is 3.92. The van der Waals surface area contributed by atoms with E-state index in [0.29, 0.717) is 28.7 Å². The Hall–Kier alpha value is -4.17. The van der Waals surface area contributed by atoms with E-state index in [1.807, 2.05) is 60.7 Å². The third-order valence-electron chi connectivity index (χ3n) is 5.12. The zero-order chi connectivity index (χ0) is 23.5. The average Bonchev–Trinajstić information content (AvgIpc) is 3.25. The van der Waals surface area contributed by atoms with Gasteiger partial charge in [0.15, 0.2) is 6.61 Å². The van der Waals surface area contributed by atoms with Crippen molar-refractivity contribution >= 4 is 44.5 Å². The van der Waals surface area contributed by atoms with Gasteiger partial charge < -0.3 is 19.6 Å². The molecule has 5 rings (SSSR count).